The quantitative estimate of drug-likeness (QED) is 0.801. The number of hydrogen-bond donors (Lipinski definition) is 1. The highest BCUT2D eigenvalue weighted by Crippen LogP contribution is 2.27. The van der Waals surface area contributed by atoms with Gasteiger partial charge in [0.1, 0.15) is 4.90 Å². The van der Waals surface area contributed by atoms with Crippen LogP contribution in [0, 0.1) is 5.92 Å². The molecule has 0 unspecified atom stereocenters. The number of pyridine rings is 1. The summed E-state index contributed by atoms with van der Waals surface area (Å²) in [5.74, 6) is 0.273. The Labute approximate surface area is 128 Å². The Bertz CT molecular complexity index is 540. The molecule has 0 aromatic carbocycles. The molecule has 120 valence electrons. The van der Waals surface area contributed by atoms with Gasteiger partial charge < -0.3 is 5.32 Å². The van der Waals surface area contributed by atoms with Crippen LogP contribution in [0.3, 0.4) is 0 Å². The first-order valence-electron chi connectivity index (χ1n) is 7.52. The molecule has 0 radical (unpaired) electrons. The maximum Gasteiger partial charge on any atom is 0.246 e. The second kappa shape index (κ2) is 7.75. The van der Waals surface area contributed by atoms with E-state index in [-0.39, 0.29) is 16.9 Å². The fourth-order valence-corrected chi connectivity index (χ4v) is 4.50. The van der Waals surface area contributed by atoms with E-state index in [1.807, 2.05) is 27.7 Å². The van der Waals surface area contributed by atoms with E-state index in [4.69, 9.17) is 0 Å². The van der Waals surface area contributed by atoms with Gasteiger partial charge in [-0.1, -0.05) is 27.7 Å². The summed E-state index contributed by atoms with van der Waals surface area (Å²) in [7, 11) is -1.83. The van der Waals surface area contributed by atoms with Crippen LogP contribution in [0.4, 0.5) is 5.69 Å². The molecule has 0 saturated carbocycles. The molecule has 1 aromatic rings. The average Bonchev–Trinajstić information content (AvgIpc) is 2.47. The number of aromatic nitrogens is 1. The zero-order valence-electron chi connectivity index (χ0n) is 13.6. The molecule has 5 nitrogen and oxygen atoms in total. The fraction of sp³-hybridized carbons (Fsp3) is 0.667. The van der Waals surface area contributed by atoms with E-state index >= 15 is 0 Å². The smallest absolute Gasteiger partial charge is 0.246 e. The van der Waals surface area contributed by atoms with Crippen LogP contribution in [-0.2, 0) is 10.0 Å². The zero-order chi connectivity index (χ0) is 16.0. The van der Waals surface area contributed by atoms with E-state index in [1.165, 1.54) is 6.20 Å². The third-order valence-electron chi connectivity index (χ3n) is 3.54. The third kappa shape index (κ3) is 4.17. The Morgan fingerprint density at radius 3 is 2.38 bits per heavy atom. The molecule has 0 fully saturated rings. The summed E-state index contributed by atoms with van der Waals surface area (Å²) in [4.78, 5) is 4.24. The van der Waals surface area contributed by atoms with Gasteiger partial charge in [0, 0.05) is 32.0 Å². The first-order chi connectivity index (χ1) is 9.88. The Morgan fingerprint density at radius 1 is 1.29 bits per heavy atom. The van der Waals surface area contributed by atoms with Gasteiger partial charge in [0.2, 0.25) is 10.0 Å². The lowest BCUT2D eigenvalue weighted by Crippen LogP contribution is -2.42. The average molecular weight is 313 g/mol. The molecule has 1 aromatic heterocycles. The topological polar surface area (TPSA) is 62.3 Å². The lowest BCUT2D eigenvalue weighted by Gasteiger charge is -2.31. The van der Waals surface area contributed by atoms with E-state index in [0.29, 0.717) is 12.2 Å². The lowest BCUT2D eigenvalue weighted by atomic mass is 10.1. The Morgan fingerprint density at radius 2 is 1.90 bits per heavy atom. The zero-order valence-corrected chi connectivity index (χ0v) is 14.4. The van der Waals surface area contributed by atoms with Crippen molar-refractivity contribution in [2.75, 3.05) is 18.9 Å². The molecular formula is C15H27N3O2S. The van der Waals surface area contributed by atoms with Gasteiger partial charge in [-0.2, -0.15) is 4.31 Å². The highest BCUT2D eigenvalue weighted by Gasteiger charge is 2.32. The monoisotopic (exact) mass is 313 g/mol. The molecule has 0 saturated heterocycles. The highest BCUT2D eigenvalue weighted by molar-refractivity contribution is 7.89. The van der Waals surface area contributed by atoms with Crippen molar-refractivity contribution in [2.45, 2.75) is 51.5 Å². The summed E-state index contributed by atoms with van der Waals surface area (Å²) < 4.78 is 27.7. The van der Waals surface area contributed by atoms with E-state index in [0.717, 1.165) is 12.8 Å². The number of nitrogens with zero attached hydrogens (tertiary/aromatic N) is 2. The van der Waals surface area contributed by atoms with E-state index < -0.39 is 10.0 Å². The molecule has 1 heterocycles. The summed E-state index contributed by atoms with van der Waals surface area (Å²) in [5.41, 5.74) is 0.588. The van der Waals surface area contributed by atoms with Crippen molar-refractivity contribution in [3.8, 4) is 0 Å². The maximum absolute atomic E-state index is 13.1. The largest absolute Gasteiger partial charge is 0.387 e. The van der Waals surface area contributed by atoms with Gasteiger partial charge in [0.25, 0.3) is 0 Å². The lowest BCUT2D eigenvalue weighted by molar-refractivity contribution is 0.277. The van der Waals surface area contributed by atoms with Crippen molar-refractivity contribution in [1.29, 1.82) is 0 Å². The van der Waals surface area contributed by atoms with Crippen molar-refractivity contribution in [3.05, 3.63) is 18.5 Å². The van der Waals surface area contributed by atoms with Crippen LogP contribution in [0.2, 0.25) is 0 Å². The molecule has 0 aliphatic carbocycles. The van der Waals surface area contributed by atoms with Gasteiger partial charge in [-0.05, 0) is 24.8 Å². The Kier molecular flexibility index (Phi) is 6.61. The minimum absolute atomic E-state index is 0.0160. The standard InChI is InChI=1S/C15H27N3O2S/c1-6-13(7-2)18(11-12(3)4)21(19,20)15-10-17-9-8-14(15)16-5/h8-10,12-13H,6-7,11H2,1-5H3,(H,16,17). The first-order valence-corrected chi connectivity index (χ1v) is 8.96. The molecule has 0 aliphatic heterocycles. The number of nitrogens with one attached hydrogen (secondary N) is 1. The second-order valence-electron chi connectivity index (χ2n) is 5.56. The van der Waals surface area contributed by atoms with Gasteiger partial charge in [0.05, 0.1) is 5.69 Å². The van der Waals surface area contributed by atoms with Crippen LogP contribution in [-0.4, -0.2) is 37.3 Å². The van der Waals surface area contributed by atoms with Gasteiger partial charge in [0.15, 0.2) is 0 Å². The number of anilines is 1. The molecule has 21 heavy (non-hydrogen) atoms. The third-order valence-corrected chi connectivity index (χ3v) is 5.48. The molecule has 0 bridgehead atoms. The molecule has 0 amide bonds. The molecule has 1 N–H and O–H groups in total. The minimum Gasteiger partial charge on any atom is -0.387 e. The SMILES string of the molecule is CCC(CC)N(CC(C)C)S(=O)(=O)c1cnccc1NC. The van der Waals surface area contributed by atoms with Crippen LogP contribution < -0.4 is 5.32 Å². The van der Waals surface area contributed by atoms with Crippen molar-refractivity contribution >= 4 is 15.7 Å². The highest BCUT2D eigenvalue weighted by atomic mass is 32.2. The summed E-state index contributed by atoms with van der Waals surface area (Å²) in [5, 5.41) is 2.94. The maximum atomic E-state index is 13.1. The van der Waals surface area contributed by atoms with Crippen LogP contribution in [0.15, 0.2) is 23.4 Å². The van der Waals surface area contributed by atoms with Crippen LogP contribution in [0.25, 0.3) is 0 Å². The van der Waals surface area contributed by atoms with Crippen LogP contribution in [0.1, 0.15) is 40.5 Å². The minimum atomic E-state index is -3.55. The van der Waals surface area contributed by atoms with Crippen LogP contribution >= 0.6 is 0 Å². The van der Waals surface area contributed by atoms with Crippen LogP contribution in [0.5, 0.6) is 0 Å². The summed E-state index contributed by atoms with van der Waals surface area (Å²) >= 11 is 0. The second-order valence-corrected chi connectivity index (χ2v) is 7.42. The van der Waals surface area contributed by atoms with Gasteiger partial charge in [-0.25, -0.2) is 8.42 Å². The van der Waals surface area contributed by atoms with Gasteiger partial charge in [-0.3, -0.25) is 4.98 Å². The fourth-order valence-electron chi connectivity index (χ4n) is 2.42. The van der Waals surface area contributed by atoms with E-state index in [2.05, 4.69) is 10.3 Å². The predicted octanol–water partition coefficient (Wildman–Crippen LogP) is 2.96. The molecular weight excluding hydrogens is 286 g/mol. The molecule has 0 aliphatic rings. The molecule has 6 heteroatoms. The van der Waals surface area contributed by atoms with Gasteiger partial charge in [-0.15, -0.1) is 0 Å². The number of sulfonamides is 1. The molecule has 0 atom stereocenters. The van der Waals surface area contributed by atoms with Crippen molar-refractivity contribution in [2.24, 2.45) is 5.92 Å². The number of rotatable bonds is 8. The number of hydrogen-bond acceptors (Lipinski definition) is 4. The van der Waals surface area contributed by atoms with Gasteiger partial charge >= 0.3 is 0 Å². The molecule has 1 rings (SSSR count). The van der Waals surface area contributed by atoms with E-state index in [1.54, 1.807) is 23.6 Å². The summed E-state index contributed by atoms with van der Waals surface area (Å²) in [6, 6.07) is 1.70. The van der Waals surface area contributed by atoms with Crippen molar-refractivity contribution in [1.82, 2.24) is 9.29 Å². The van der Waals surface area contributed by atoms with Crippen molar-refractivity contribution in [3.63, 3.8) is 0 Å². The first kappa shape index (κ1) is 17.9. The normalized spacial score (nSPS) is 12.4. The summed E-state index contributed by atoms with van der Waals surface area (Å²) in [6.07, 6.45) is 4.63. The predicted molar refractivity (Wildman–Crippen MR) is 86.9 cm³/mol. The van der Waals surface area contributed by atoms with Crippen molar-refractivity contribution < 1.29 is 8.42 Å². The molecule has 0 spiro atoms. The van der Waals surface area contributed by atoms with E-state index in [9.17, 15) is 8.42 Å². The Balaban J connectivity index is 3.32. The summed E-state index contributed by atoms with van der Waals surface area (Å²) in [6.45, 7) is 8.64. The Hall–Kier alpha value is -1.14.